The van der Waals surface area contributed by atoms with E-state index in [-0.39, 0.29) is 0 Å². The Morgan fingerprint density at radius 1 is 1.15 bits per heavy atom. The van der Waals surface area contributed by atoms with Crippen LogP contribution in [-0.2, 0) is 0 Å². The van der Waals surface area contributed by atoms with E-state index in [1.165, 1.54) is 5.69 Å². The van der Waals surface area contributed by atoms with Crippen molar-refractivity contribution in [3.8, 4) is 0 Å². The van der Waals surface area contributed by atoms with Crippen LogP contribution in [0.4, 0.5) is 22.7 Å². The van der Waals surface area contributed by atoms with E-state index in [1.807, 2.05) is 0 Å². The summed E-state index contributed by atoms with van der Waals surface area (Å²) < 4.78 is 0.852. The highest BCUT2D eigenvalue weighted by molar-refractivity contribution is 9.10. The molecule has 4 nitrogen and oxygen atoms in total. The lowest BCUT2D eigenvalue weighted by Gasteiger charge is -2.21. The van der Waals surface area contributed by atoms with Gasteiger partial charge < -0.3 is 16.0 Å². The van der Waals surface area contributed by atoms with Gasteiger partial charge in [-0.15, -0.1) is 0 Å². The fourth-order valence-electron chi connectivity index (χ4n) is 2.07. The summed E-state index contributed by atoms with van der Waals surface area (Å²) in [6.45, 7) is 6.33. The third kappa shape index (κ3) is 3.22. The first kappa shape index (κ1) is 14.7. The van der Waals surface area contributed by atoms with Gasteiger partial charge in [0, 0.05) is 30.7 Å². The van der Waals surface area contributed by atoms with Gasteiger partial charge in [-0.05, 0) is 54.0 Å². The fourth-order valence-corrected chi connectivity index (χ4v) is 2.52. The van der Waals surface area contributed by atoms with Crippen molar-refractivity contribution in [2.75, 3.05) is 29.0 Å². The zero-order valence-corrected chi connectivity index (χ0v) is 13.3. The Morgan fingerprint density at radius 3 is 2.35 bits per heavy atom. The molecule has 0 aliphatic heterocycles. The Balaban J connectivity index is 2.19. The second kappa shape index (κ2) is 6.61. The van der Waals surface area contributed by atoms with Crippen LogP contribution in [0.5, 0.6) is 0 Å². The lowest BCUT2D eigenvalue weighted by molar-refractivity contribution is 0.866. The van der Waals surface area contributed by atoms with Crippen LogP contribution in [-0.4, -0.2) is 18.1 Å². The van der Waals surface area contributed by atoms with E-state index < -0.39 is 0 Å². The summed E-state index contributed by atoms with van der Waals surface area (Å²) in [6.07, 6.45) is 3.36. The number of hydrogen-bond donors (Lipinski definition) is 2. The first-order valence-corrected chi connectivity index (χ1v) is 7.46. The average Bonchev–Trinajstić information content (AvgIpc) is 2.46. The number of nitrogens with two attached hydrogens (primary N) is 1. The number of rotatable bonds is 5. The van der Waals surface area contributed by atoms with Crippen molar-refractivity contribution in [1.82, 2.24) is 4.98 Å². The maximum Gasteiger partial charge on any atom is 0.0794 e. The van der Waals surface area contributed by atoms with E-state index >= 15 is 0 Å². The van der Waals surface area contributed by atoms with Crippen LogP contribution < -0.4 is 16.0 Å². The Hall–Kier alpha value is -1.75. The molecule has 0 radical (unpaired) electrons. The van der Waals surface area contributed by atoms with E-state index in [4.69, 9.17) is 5.73 Å². The number of benzene rings is 1. The number of nitrogens with one attached hydrogen (secondary N) is 1. The molecule has 2 rings (SSSR count). The molecule has 0 saturated heterocycles. The second-order valence-electron chi connectivity index (χ2n) is 4.43. The van der Waals surface area contributed by atoms with E-state index in [2.05, 4.69) is 69.2 Å². The minimum Gasteiger partial charge on any atom is -0.396 e. The zero-order chi connectivity index (χ0) is 14.5. The molecule has 0 spiro atoms. The van der Waals surface area contributed by atoms with Crippen molar-refractivity contribution < 1.29 is 0 Å². The van der Waals surface area contributed by atoms with Crippen LogP contribution in [0, 0.1) is 0 Å². The zero-order valence-electron chi connectivity index (χ0n) is 11.7. The topological polar surface area (TPSA) is 54.2 Å². The molecule has 0 fully saturated rings. The predicted octanol–water partition coefficient (Wildman–Crippen LogP) is 4.02. The summed E-state index contributed by atoms with van der Waals surface area (Å²) in [5.41, 5.74) is 9.61. The molecule has 1 aromatic heterocycles. The molecule has 0 unspecified atom stereocenters. The summed E-state index contributed by atoms with van der Waals surface area (Å²) in [6, 6.07) is 8.33. The molecular weight excluding hydrogens is 316 g/mol. The van der Waals surface area contributed by atoms with Gasteiger partial charge in [-0.25, -0.2) is 0 Å². The number of aromatic nitrogens is 1. The molecule has 20 heavy (non-hydrogen) atoms. The molecule has 5 heteroatoms. The molecule has 106 valence electrons. The molecular formula is C15H19BrN4. The van der Waals surface area contributed by atoms with Crippen molar-refractivity contribution in [1.29, 1.82) is 0 Å². The van der Waals surface area contributed by atoms with Crippen LogP contribution in [0.3, 0.4) is 0 Å². The van der Waals surface area contributed by atoms with Crippen molar-refractivity contribution in [2.24, 2.45) is 0 Å². The van der Waals surface area contributed by atoms with E-state index in [1.54, 1.807) is 12.4 Å². The molecule has 3 N–H and O–H groups in total. The minimum absolute atomic E-state index is 0.618. The Bertz CT molecular complexity index is 544. The van der Waals surface area contributed by atoms with Crippen LogP contribution >= 0.6 is 15.9 Å². The Morgan fingerprint density at radius 2 is 1.80 bits per heavy atom. The predicted molar refractivity (Wildman–Crippen MR) is 89.6 cm³/mol. The highest BCUT2D eigenvalue weighted by Crippen LogP contribution is 2.30. The van der Waals surface area contributed by atoms with Gasteiger partial charge in [0.1, 0.15) is 0 Å². The van der Waals surface area contributed by atoms with Gasteiger partial charge in [0.25, 0.3) is 0 Å². The molecule has 0 aliphatic carbocycles. The highest BCUT2D eigenvalue weighted by Gasteiger charge is 2.06. The van der Waals surface area contributed by atoms with Crippen molar-refractivity contribution in [2.45, 2.75) is 13.8 Å². The van der Waals surface area contributed by atoms with Crippen molar-refractivity contribution >= 4 is 38.7 Å². The Labute approximate surface area is 128 Å². The standard InChI is InChI=1S/C15H19BrN4/c1-3-20(4-2)12-7-5-11(6-8-12)19-15-13(16)9-18-10-14(15)17/h5-10H,3-4,17H2,1-2H3,(H,18,19). The number of anilines is 4. The molecule has 0 amide bonds. The number of hydrogen-bond acceptors (Lipinski definition) is 4. The summed E-state index contributed by atoms with van der Waals surface area (Å²) in [5, 5.41) is 3.31. The highest BCUT2D eigenvalue weighted by atomic mass is 79.9. The summed E-state index contributed by atoms with van der Waals surface area (Å²) in [5.74, 6) is 0. The van der Waals surface area contributed by atoms with E-state index in [0.29, 0.717) is 5.69 Å². The maximum atomic E-state index is 5.93. The number of nitrogens with zero attached hydrogens (tertiary/aromatic N) is 2. The SMILES string of the molecule is CCN(CC)c1ccc(Nc2c(N)cncc2Br)cc1. The van der Waals surface area contributed by atoms with Gasteiger partial charge >= 0.3 is 0 Å². The van der Waals surface area contributed by atoms with Gasteiger partial charge in [0.2, 0.25) is 0 Å². The third-order valence-electron chi connectivity index (χ3n) is 3.19. The van der Waals surface area contributed by atoms with Crippen molar-refractivity contribution in [3.05, 3.63) is 41.1 Å². The second-order valence-corrected chi connectivity index (χ2v) is 5.28. The molecule has 0 aliphatic rings. The normalized spacial score (nSPS) is 10.3. The number of halogens is 1. The first-order chi connectivity index (χ1) is 9.65. The maximum absolute atomic E-state index is 5.93. The van der Waals surface area contributed by atoms with Crippen molar-refractivity contribution in [3.63, 3.8) is 0 Å². The summed E-state index contributed by atoms with van der Waals surface area (Å²) in [7, 11) is 0. The number of nitrogen functional groups attached to an aromatic ring is 1. The molecule has 0 bridgehead atoms. The van der Waals surface area contributed by atoms with Crippen LogP contribution in [0.15, 0.2) is 41.1 Å². The quantitative estimate of drug-likeness (QED) is 0.867. The number of pyridine rings is 1. The molecule has 2 aromatic rings. The smallest absolute Gasteiger partial charge is 0.0794 e. The largest absolute Gasteiger partial charge is 0.396 e. The first-order valence-electron chi connectivity index (χ1n) is 6.66. The van der Waals surface area contributed by atoms with E-state index in [0.717, 1.165) is 28.9 Å². The van der Waals surface area contributed by atoms with Crippen LogP contribution in [0.1, 0.15) is 13.8 Å². The lowest BCUT2D eigenvalue weighted by atomic mass is 10.2. The van der Waals surface area contributed by atoms with Gasteiger partial charge in [-0.3, -0.25) is 4.98 Å². The fraction of sp³-hybridized carbons (Fsp3) is 0.267. The van der Waals surface area contributed by atoms with E-state index in [9.17, 15) is 0 Å². The van der Waals surface area contributed by atoms with Gasteiger partial charge in [-0.1, -0.05) is 0 Å². The van der Waals surface area contributed by atoms with Gasteiger partial charge in [-0.2, -0.15) is 0 Å². The molecule has 0 atom stereocenters. The molecule has 0 saturated carbocycles. The van der Waals surface area contributed by atoms with Crippen LogP contribution in [0.2, 0.25) is 0 Å². The lowest BCUT2D eigenvalue weighted by Crippen LogP contribution is -2.21. The summed E-state index contributed by atoms with van der Waals surface area (Å²) >= 11 is 3.45. The minimum atomic E-state index is 0.618. The average molecular weight is 335 g/mol. The Kier molecular flexibility index (Phi) is 4.84. The van der Waals surface area contributed by atoms with Crippen LogP contribution in [0.25, 0.3) is 0 Å². The summed E-state index contributed by atoms with van der Waals surface area (Å²) in [4.78, 5) is 6.33. The molecule has 1 heterocycles. The van der Waals surface area contributed by atoms with Gasteiger partial charge in [0.05, 0.1) is 22.0 Å². The monoisotopic (exact) mass is 334 g/mol. The van der Waals surface area contributed by atoms with Gasteiger partial charge in [0.15, 0.2) is 0 Å². The third-order valence-corrected chi connectivity index (χ3v) is 3.80. The molecule has 1 aromatic carbocycles.